The van der Waals surface area contributed by atoms with Gasteiger partial charge in [-0.05, 0) is 48.9 Å². The summed E-state index contributed by atoms with van der Waals surface area (Å²) < 4.78 is 18.6. The molecule has 3 aromatic carbocycles. The molecule has 2 aromatic heterocycles. The van der Waals surface area contributed by atoms with Crippen LogP contribution in [0.2, 0.25) is 0 Å². The lowest BCUT2D eigenvalue weighted by Crippen LogP contribution is -2.25. The van der Waals surface area contributed by atoms with Crippen molar-refractivity contribution >= 4 is 11.8 Å². The van der Waals surface area contributed by atoms with E-state index in [1.165, 1.54) is 7.11 Å². The Kier molecular flexibility index (Phi) is 8.21. The molecule has 0 aliphatic rings. The van der Waals surface area contributed by atoms with Crippen LogP contribution in [0.3, 0.4) is 0 Å². The highest BCUT2D eigenvalue weighted by molar-refractivity contribution is 6.08. The normalized spacial score (nSPS) is 11.7. The quantitative estimate of drug-likeness (QED) is 0.147. The second-order valence-corrected chi connectivity index (χ2v) is 9.37. The van der Waals surface area contributed by atoms with Gasteiger partial charge in [-0.2, -0.15) is 0 Å². The second kappa shape index (κ2) is 12.3. The Morgan fingerprint density at radius 2 is 1.60 bits per heavy atom. The van der Waals surface area contributed by atoms with Crippen LogP contribution in [-0.2, 0) is 22.4 Å². The fourth-order valence-electron chi connectivity index (χ4n) is 4.60. The Labute approximate surface area is 233 Å². The van der Waals surface area contributed by atoms with E-state index >= 15 is 0 Å². The molecule has 2 heterocycles. The first-order valence-electron chi connectivity index (χ1n) is 13.1. The summed E-state index contributed by atoms with van der Waals surface area (Å²) in [4.78, 5) is 30.6. The molecule has 0 bridgehead atoms. The number of oxazole rings is 1. The van der Waals surface area contributed by atoms with E-state index in [9.17, 15) is 9.59 Å². The van der Waals surface area contributed by atoms with Gasteiger partial charge in [-0.25, -0.2) is 9.78 Å². The summed E-state index contributed by atoms with van der Waals surface area (Å²) >= 11 is 0. The maximum Gasteiger partial charge on any atom is 0.329 e. The smallest absolute Gasteiger partial charge is 0.329 e. The zero-order valence-corrected chi connectivity index (χ0v) is 22.4. The number of benzene rings is 3. The van der Waals surface area contributed by atoms with E-state index in [0.29, 0.717) is 42.3 Å². The average Bonchev–Trinajstić information content (AvgIpc) is 3.63. The van der Waals surface area contributed by atoms with Gasteiger partial charge >= 0.3 is 5.97 Å². The third-order valence-electron chi connectivity index (χ3n) is 6.73. The topological polar surface area (TPSA) is 83.6 Å². The number of ketones is 1. The van der Waals surface area contributed by atoms with Gasteiger partial charge in [-0.3, -0.25) is 4.79 Å². The van der Waals surface area contributed by atoms with Crippen molar-refractivity contribution in [2.24, 2.45) is 0 Å². The Balaban J connectivity index is 1.23. The predicted octanol–water partition coefficient (Wildman–Crippen LogP) is 6.26. The molecule has 0 amide bonds. The lowest BCUT2D eigenvalue weighted by Gasteiger charge is -2.19. The largest absolute Gasteiger partial charge is 0.493 e. The molecule has 0 saturated carbocycles. The minimum absolute atomic E-state index is 0.151. The minimum atomic E-state index is -0.691. The molecule has 0 N–H and O–H groups in total. The Morgan fingerprint density at radius 1 is 0.900 bits per heavy atom. The number of aromatic nitrogens is 2. The third kappa shape index (κ3) is 6.04. The molecule has 7 nitrogen and oxygen atoms in total. The lowest BCUT2D eigenvalue weighted by molar-refractivity contribution is -0.144. The van der Waals surface area contributed by atoms with Crippen LogP contribution in [0.1, 0.15) is 39.1 Å². The van der Waals surface area contributed by atoms with Crippen molar-refractivity contribution in [1.29, 1.82) is 0 Å². The fourth-order valence-corrected chi connectivity index (χ4v) is 4.60. The summed E-state index contributed by atoms with van der Waals surface area (Å²) in [5.74, 6) is 1.53. The molecule has 0 radical (unpaired) electrons. The van der Waals surface area contributed by atoms with Crippen LogP contribution in [0.5, 0.6) is 5.75 Å². The first kappa shape index (κ1) is 26.7. The van der Waals surface area contributed by atoms with Crippen molar-refractivity contribution in [3.05, 3.63) is 132 Å². The number of carbonyl (C=O) groups is 2. The molecular weight excluding hydrogens is 504 g/mol. The number of rotatable bonds is 11. The van der Waals surface area contributed by atoms with Crippen LogP contribution in [0.25, 0.3) is 11.5 Å². The average molecular weight is 535 g/mol. The first-order valence-corrected chi connectivity index (χ1v) is 13.1. The van der Waals surface area contributed by atoms with E-state index in [0.717, 1.165) is 22.6 Å². The molecule has 0 aliphatic heterocycles. The van der Waals surface area contributed by atoms with Gasteiger partial charge in [0.1, 0.15) is 17.6 Å². The van der Waals surface area contributed by atoms with Gasteiger partial charge < -0.3 is 18.5 Å². The maximum atomic E-state index is 13.1. The van der Waals surface area contributed by atoms with Gasteiger partial charge in [-0.1, -0.05) is 60.7 Å². The van der Waals surface area contributed by atoms with Crippen molar-refractivity contribution in [2.45, 2.75) is 25.8 Å². The standard InChI is InChI=1S/C33H30N2O5/c1-23-28(34-32(40-23)26-12-7-4-8-13-26)19-21-39-27-17-15-24(16-18-27)22-30(33(37)38-2)35-20-9-14-29(35)31(36)25-10-5-3-6-11-25/h3-18,20,30H,19,21-22H2,1-2H3. The van der Waals surface area contributed by atoms with Crippen LogP contribution < -0.4 is 4.74 Å². The Bertz CT molecular complexity index is 1570. The molecule has 0 saturated heterocycles. The lowest BCUT2D eigenvalue weighted by atomic mass is 10.0. The maximum absolute atomic E-state index is 13.1. The summed E-state index contributed by atoms with van der Waals surface area (Å²) in [6.07, 6.45) is 2.71. The van der Waals surface area contributed by atoms with Crippen LogP contribution in [0, 0.1) is 6.92 Å². The summed E-state index contributed by atoms with van der Waals surface area (Å²) in [6, 6.07) is 29.2. The molecule has 40 heavy (non-hydrogen) atoms. The molecule has 1 unspecified atom stereocenters. The van der Waals surface area contributed by atoms with Gasteiger partial charge in [-0.15, -0.1) is 0 Å². The number of hydrogen-bond acceptors (Lipinski definition) is 6. The number of ether oxygens (including phenoxy) is 2. The molecular formula is C33H30N2O5. The zero-order valence-electron chi connectivity index (χ0n) is 22.4. The molecule has 0 aliphatic carbocycles. The fraction of sp³-hybridized carbons (Fsp3) is 0.182. The predicted molar refractivity (Wildman–Crippen MR) is 151 cm³/mol. The van der Waals surface area contributed by atoms with Crippen LogP contribution in [0.15, 0.2) is 108 Å². The van der Waals surface area contributed by atoms with Gasteiger partial charge in [0.2, 0.25) is 11.7 Å². The number of aryl methyl sites for hydroxylation is 1. The number of nitrogens with zero attached hydrogens (tertiary/aromatic N) is 2. The van der Waals surface area contributed by atoms with E-state index in [1.807, 2.05) is 79.7 Å². The molecule has 5 aromatic rings. The van der Waals surface area contributed by atoms with Gasteiger partial charge in [0, 0.05) is 30.2 Å². The summed E-state index contributed by atoms with van der Waals surface area (Å²) in [6.45, 7) is 2.35. The first-order chi connectivity index (χ1) is 19.5. The highest BCUT2D eigenvalue weighted by atomic mass is 16.5. The SMILES string of the molecule is COC(=O)C(Cc1ccc(OCCc2nc(-c3ccccc3)oc2C)cc1)n1cccc1C(=O)c1ccccc1. The number of carbonyl (C=O) groups excluding carboxylic acids is 2. The van der Waals surface area contributed by atoms with Crippen molar-refractivity contribution in [3.8, 4) is 17.2 Å². The molecule has 7 heteroatoms. The molecule has 0 spiro atoms. The minimum Gasteiger partial charge on any atom is -0.493 e. The van der Waals surface area contributed by atoms with Crippen molar-refractivity contribution in [2.75, 3.05) is 13.7 Å². The molecule has 0 fully saturated rings. The van der Waals surface area contributed by atoms with E-state index in [2.05, 4.69) is 4.98 Å². The van der Waals surface area contributed by atoms with Crippen LogP contribution >= 0.6 is 0 Å². The van der Waals surface area contributed by atoms with E-state index in [4.69, 9.17) is 13.9 Å². The highest BCUT2D eigenvalue weighted by Crippen LogP contribution is 2.24. The number of methoxy groups -OCH3 is 1. The van der Waals surface area contributed by atoms with Gasteiger partial charge in [0.05, 0.1) is 25.1 Å². The van der Waals surface area contributed by atoms with Crippen molar-refractivity contribution < 1.29 is 23.5 Å². The zero-order chi connectivity index (χ0) is 27.9. The van der Waals surface area contributed by atoms with Gasteiger partial charge in [0.25, 0.3) is 0 Å². The molecule has 202 valence electrons. The Morgan fingerprint density at radius 3 is 2.30 bits per heavy atom. The van der Waals surface area contributed by atoms with E-state index in [1.54, 1.807) is 35.0 Å². The Hall–Kier alpha value is -4.91. The highest BCUT2D eigenvalue weighted by Gasteiger charge is 2.26. The summed E-state index contributed by atoms with van der Waals surface area (Å²) in [5, 5.41) is 0. The summed E-state index contributed by atoms with van der Waals surface area (Å²) in [7, 11) is 1.36. The van der Waals surface area contributed by atoms with Crippen LogP contribution in [-0.4, -0.2) is 35.0 Å². The molecule has 5 rings (SSSR count). The summed E-state index contributed by atoms with van der Waals surface area (Å²) in [5.41, 5.74) is 3.71. The van der Waals surface area contributed by atoms with Gasteiger partial charge in [0.15, 0.2) is 0 Å². The van der Waals surface area contributed by atoms with Crippen molar-refractivity contribution in [1.82, 2.24) is 9.55 Å². The monoisotopic (exact) mass is 534 g/mol. The number of esters is 1. The second-order valence-electron chi connectivity index (χ2n) is 9.37. The van der Waals surface area contributed by atoms with Crippen molar-refractivity contribution in [3.63, 3.8) is 0 Å². The third-order valence-corrected chi connectivity index (χ3v) is 6.73. The van der Waals surface area contributed by atoms with Crippen LogP contribution in [0.4, 0.5) is 0 Å². The van der Waals surface area contributed by atoms with E-state index in [-0.39, 0.29) is 5.78 Å². The number of hydrogen-bond donors (Lipinski definition) is 0. The van der Waals surface area contributed by atoms with E-state index < -0.39 is 12.0 Å². The molecule has 1 atom stereocenters.